The van der Waals surface area contributed by atoms with Crippen LogP contribution in [0.15, 0.2) is 119 Å². The summed E-state index contributed by atoms with van der Waals surface area (Å²) in [5.74, 6) is 0.792. The number of rotatable bonds is 3. The van der Waals surface area contributed by atoms with Crippen LogP contribution in [-0.2, 0) is 0 Å². The minimum absolute atomic E-state index is 0.763. The number of nitrogens with zero attached hydrogens (tertiary/aromatic N) is 4. The molecule has 0 spiro atoms. The molecule has 0 saturated carbocycles. The number of fused-ring (bicyclic) bond motifs is 6. The molecule has 6 aromatic heterocycles. The topological polar surface area (TPSA) is 61.9 Å². The molecule has 0 aliphatic heterocycles. The van der Waals surface area contributed by atoms with Gasteiger partial charge in [0, 0.05) is 57.6 Å². The highest BCUT2D eigenvalue weighted by molar-refractivity contribution is 6.06. The van der Waals surface area contributed by atoms with Crippen molar-refractivity contribution in [1.29, 1.82) is 0 Å². The van der Waals surface area contributed by atoms with Gasteiger partial charge in [0.1, 0.15) is 17.0 Å². The van der Waals surface area contributed by atoms with Gasteiger partial charge in [0.15, 0.2) is 0 Å². The molecular weight excluding hydrogens is 448 g/mol. The second-order valence-electron chi connectivity index (χ2n) is 8.81. The van der Waals surface area contributed by atoms with E-state index in [1.165, 1.54) is 0 Å². The van der Waals surface area contributed by atoms with E-state index in [0.29, 0.717) is 0 Å². The monoisotopic (exact) mass is 466 g/mol. The molecular formula is C30H18N4O2. The molecule has 8 aromatic rings. The first-order valence-electron chi connectivity index (χ1n) is 11.7. The lowest BCUT2D eigenvalue weighted by Crippen LogP contribution is -1.96. The van der Waals surface area contributed by atoms with E-state index < -0.39 is 0 Å². The summed E-state index contributed by atoms with van der Waals surface area (Å²) in [5, 5.41) is 4.31. The Bertz CT molecular complexity index is 2060. The lowest BCUT2D eigenvalue weighted by Gasteiger charge is -2.05. The Hall–Kier alpha value is -5.10. The summed E-state index contributed by atoms with van der Waals surface area (Å²) < 4.78 is 16.6. The molecule has 6 nitrogen and oxygen atoms in total. The number of hydrogen-bond donors (Lipinski definition) is 0. The molecule has 0 amide bonds. The number of aromatic nitrogens is 4. The molecule has 6 heterocycles. The molecule has 8 rings (SSSR count). The van der Waals surface area contributed by atoms with Crippen LogP contribution in [0.4, 0.5) is 0 Å². The van der Waals surface area contributed by atoms with Gasteiger partial charge in [0.2, 0.25) is 11.4 Å². The van der Waals surface area contributed by atoms with Gasteiger partial charge < -0.3 is 8.83 Å². The summed E-state index contributed by atoms with van der Waals surface area (Å²) in [6, 6.07) is 28.4. The first-order chi connectivity index (χ1) is 17.8. The molecule has 2 aromatic carbocycles. The van der Waals surface area contributed by atoms with E-state index in [1.54, 1.807) is 6.20 Å². The Morgan fingerprint density at radius 3 is 2.31 bits per heavy atom. The third kappa shape index (κ3) is 2.72. The van der Waals surface area contributed by atoms with E-state index in [2.05, 4.69) is 46.1 Å². The van der Waals surface area contributed by atoms with Crippen molar-refractivity contribution >= 4 is 44.1 Å². The maximum absolute atomic E-state index is 6.31. The zero-order chi connectivity index (χ0) is 23.6. The summed E-state index contributed by atoms with van der Waals surface area (Å²) in [5.41, 5.74) is 6.17. The SMILES string of the molecule is c1cncc(-c2cccc(-n3ccc4c5cc(-n6ccc7c8ccccc8oc76)ccc5oc43)n2)c1. The highest BCUT2D eigenvalue weighted by Crippen LogP contribution is 2.35. The van der Waals surface area contributed by atoms with E-state index in [0.717, 1.165) is 66.9 Å². The molecule has 0 saturated heterocycles. The number of pyridine rings is 2. The van der Waals surface area contributed by atoms with Crippen LogP contribution in [0.25, 0.3) is 66.9 Å². The normalized spacial score (nSPS) is 11.9. The van der Waals surface area contributed by atoms with Crippen LogP contribution in [0.1, 0.15) is 0 Å². The second kappa shape index (κ2) is 7.20. The van der Waals surface area contributed by atoms with Gasteiger partial charge in [-0.2, -0.15) is 0 Å². The van der Waals surface area contributed by atoms with E-state index in [4.69, 9.17) is 13.8 Å². The predicted octanol–water partition coefficient (Wildman–Crippen LogP) is 7.52. The minimum Gasteiger partial charge on any atom is -0.439 e. The quantitative estimate of drug-likeness (QED) is 0.270. The van der Waals surface area contributed by atoms with Crippen molar-refractivity contribution < 1.29 is 8.83 Å². The van der Waals surface area contributed by atoms with Crippen LogP contribution < -0.4 is 0 Å². The van der Waals surface area contributed by atoms with Crippen molar-refractivity contribution in [2.75, 3.05) is 0 Å². The van der Waals surface area contributed by atoms with Gasteiger partial charge in [-0.15, -0.1) is 0 Å². The predicted molar refractivity (Wildman–Crippen MR) is 141 cm³/mol. The van der Waals surface area contributed by atoms with Gasteiger partial charge in [0.05, 0.1) is 5.69 Å². The Morgan fingerprint density at radius 2 is 1.42 bits per heavy atom. The fourth-order valence-corrected chi connectivity index (χ4v) is 5.02. The van der Waals surface area contributed by atoms with Crippen LogP contribution in [0.2, 0.25) is 0 Å². The van der Waals surface area contributed by atoms with Gasteiger partial charge in [-0.1, -0.05) is 24.3 Å². The van der Waals surface area contributed by atoms with Crippen molar-refractivity contribution in [1.82, 2.24) is 19.1 Å². The van der Waals surface area contributed by atoms with Crippen molar-refractivity contribution in [3.8, 4) is 22.8 Å². The highest BCUT2D eigenvalue weighted by atomic mass is 16.3. The zero-order valence-corrected chi connectivity index (χ0v) is 19.0. The van der Waals surface area contributed by atoms with Crippen molar-refractivity contribution in [2.45, 2.75) is 0 Å². The van der Waals surface area contributed by atoms with Gasteiger partial charge in [-0.05, 0) is 60.7 Å². The lowest BCUT2D eigenvalue weighted by molar-refractivity contribution is 0.639. The summed E-state index contributed by atoms with van der Waals surface area (Å²) in [7, 11) is 0. The number of benzene rings is 2. The Labute approximate surface area is 204 Å². The summed E-state index contributed by atoms with van der Waals surface area (Å²) in [6.45, 7) is 0. The Morgan fingerprint density at radius 1 is 0.611 bits per heavy atom. The largest absolute Gasteiger partial charge is 0.439 e. The first kappa shape index (κ1) is 19.2. The van der Waals surface area contributed by atoms with E-state index in [1.807, 2.05) is 71.6 Å². The average Bonchev–Trinajstić information content (AvgIpc) is 3.69. The molecule has 0 aliphatic rings. The zero-order valence-electron chi connectivity index (χ0n) is 19.0. The van der Waals surface area contributed by atoms with E-state index in [-0.39, 0.29) is 0 Å². The first-order valence-corrected chi connectivity index (χ1v) is 11.7. The smallest absolute Gasteiger partial charge is 0.213 e. The summed E-state index contributed by atoms with van der Waals surface area (Å²) in [6.07, 6.45) is 7.64. The number of furan rings is 2. The molecule has 170 valence electrons. The molecule has 0 aliphatic carbocycles. The molecule has 0 atom stereocenters. The number of hydrogen-bond acceptors (Lipinski definition) is 4. The van der Waals surface area contributed by atoms with Crippen LogP contribution in [0.3, 0.4) is 0 Å². The van der Waals surface area contributed by atoms with Crippen LogP contribution in [0.5, 0.6) is 0 Å². The van der Waals surface area contributed by atoms with Crippen LogP contribution in [0, 0.1) is 0 Å². The maximum atomic E-state index is 6.31. The van der Waals surface area contributed by atoms with Crippen LogP contribution in [-0.4, -0.2) is 19.1 Å². The maximum Gasteiger partial charge on any atom is 0.213 e. The molecule has 0 bridgehead atoms. The minimum atomic E-state index is 0.763. The third-order valence-corrected chi connectivity index (χ3v) is 6.74. The van der Waals surface area contributed by atoms with Gasteiger partial charge >= 0.3 is 0 Å². The summed E-state index contributed by atoms with van der Waals surface area (Å²) in [4.78, 5) is 9.08. The fraction of sp³-hybridized carbons (Fsp3) is 0. The molecule has 0 radical (unpaired) electrons. The molecule has 0 fully saturated rings. The van der Waals surface area contributed by atoms with Crippen molar-refractivity contribution in [3.05, 3.63) is 110 Å². The van der Waals surface area contributed by atoms with E-state index in [9.17, 15) is 0 Å². The molecule has 36 heavy (non-hydrogen) atoms. The Balaban J connectivity index is 1.27. The van der Waals surface area contributed by atoms with Crippen LogP contribution >= 0.6 is 0 Å². The summed E-state index contributed by atoms with van der Waals surface area (Å²) >= 11 is 0. The van der Waals surface area contributed by atoms with Crippen molar-refractivity contribution in [2.24, 2.45) is 0 Å². The number of para-hydroxylation sites is 1. The molecule has 0 unspecified atom stereocenters. The fourth-order valence-electron chi connectivity index (χ4n) is 5.02. The van der Waals surface area contributed by atoms with Crippen molar-refractivity contribution in [3.63, 3.8) is 0 Å². The highest BCUT2D eigenvalue weighted by Gasteiger charge is 2.16. The third-order valence-electron chi connectivity index (χ3n) is 6.74. The van der Waals surface area contributed by atoms with Gasteiger partial charge in [-0.3, -0.25) is 14.1 Å². The Kier molecular flexibility index (Phi) is 3.85. The van der Waals surface area contributed by atoms with Gasteiger partial charge in [0.25, 0.3) is 0 Å². The molecule has 6 heteroatoms. The lowest BCUT2D eigenvalue weighted by atomic mass is 10.2. The van der Waals surface area contributed by atoms with E-state index >= 15 is 0 Å². The van der Waals surface area contributed by atoms with Gasteiger partial charge in [-0.25, -0.2) is 4.98 Å². The molecule has 0 N–H and O–H groups in total. The standard InChI is InChI=1S/C30H18N4O2/c1-2-8-26-21(6-1)22-12-15-33(29(22)35-26)20-10-11-27-24(17-20)23-13-16-34(30(23)36-27)28-9-3-7-25(32-28)19-5-4-14-31-18-19/h1-18H. The second-order valence-corrected chi connectivity index (χ2v) is 8.81. The average molecular weight is 467 g/mol.